The highest BCUT2D eigenvalue weighted by Gasteiger charge is 2.45. The number of likely N-dealkylation sites (tertiary alicyclic amines) is 1. The molecule has 0 radical (unpaired) electrons. The largest absolute Gasteiger partial charge is 0.380 e. The minimum absolute atomic E-state index is 0.0423. The molecule has 4 heterocycles. The standard InChI is InChI=1S/C17H24N2O3S/c20-17(19-4-1-2-5-22-19)16-11-21-10-14-8-18(9-15(14)16)7-13-3-6-23-12-13/h3,6,12,14-16H,1-2,4-5,7-11H2/t14-,15-,16+/m1/s1. The minimum atomic E-state index is -0.0423. The quantitative estimate of drug-likeness (QED) is 0.847. The Morgan fingerprint density at radius 3 is 3.04 bits per heavy atom. The van der Waals surface area contributed by atoms with Crippen molar-refractivity contribution in [2.24, 2.45) is 17.8 Å². The van der Waals surface area contributed by atoms with Crippen LogP contribution < -0.4 is 0 Å². The van der Waals surface area contributed by atoms with E-state index in [1.165, 1.54) is 5.56 Å². The second kappa shape index (κ2) is 6.89. The first kappa shape index (κ1) is 15.6. The number of amides is 1. The first-order chi connectivity index (χ1) is 11.3. The van der Waals surface area contributed by atoms with Crippen LogP contribution in [0, 0.1) is 17.8 Å². The van der Waals surface area contributed by atoms with Crippen molar-refractivity contribution in [3.63, 3.8) is 0 Å². The normalized spacial score (nSPS) is 32.0. The van der Waals surface area contributed by atoms with Gasteiger partial charge in [0.15, 0.2) is 0 Å². The molecule has 0 saturated carbocycles. The smallest absolute Gasteiger partial charge is 0.251 e. The average molecular weight is 336 g/mol. The molecule has 4 rings (SSSR count). The molecule has 0 aromatic carbocycles. The van der Waals surface area contributed by atoms with Gasteiger partial charge in [-0.15, -0.1) is 0 Å². The number of carbonyl (C=O) groups excluding carboxylic acids is 1. The van der Waals surface area contributed by atoms with E-state index in [-0.39, 0.29) is 11.8 Å². The van der Waals surface area contributed by atoms with Crippen LogP contribution in [0.1, 0.15) is 18.4 Å². The summed E-state index contributed by atoms with van der Waals surface area (Å²) < 4.78 is 5.76. The number of rotatable bonds is 3. The predicted molar refractivity (Wildman–Crippen MR) is 87.8 cm³/mol. The molecule has 0 spiro atoms. The first-order valence-electron chi connectivity index (χ1n) is 8.57. The van der Waals surface area contributed by atoms with E-state index in [9.17, 15) is 4.79 Å². The average Bonchev–Trinajstić information content (AvgIpc) is 3.24. The third-order valence-electron chi connectivity index (χ3n) is 5.27. The summed E-state index contributed by atoms with van der Waals surface area (Å²) >= 11 is 1.74. The molecule has 0 bridgehead atoms. The van der Waals surface area contributed by atoms with Crippen molar-refractivity contribution in [2.75, 3.05) is 39.5 Å². The number of thiophene rings is 1. The highest BCUT2D eigenvalue weighted by molar-refractivity contribution is 7.07. The maximum atomic E-state index is 12.8. The lowest BCUT2D eigenvalue weighted by atomic mass is 9.82. The number of fused-ring (bicyclic) bond motifs is 1. The van der Waals surface area contributed by atoms with Gasteiger partial charge in [0, 0.05) is 26.2 Å². The molecule has 3 aliphatic rings. The molecule has 0 N–H and O–H groups in total. The molecule has 3 saturated heterocycles. The number of ether oxygens (including phenoxy) is 1. The summed E-state index contributed by atoms with van der Waals surface area (Å²) in [5.74, 6) is 0.970. The number of hydroxylamine groups is 2. The molecule has 1 amide bonds. The number of hydrogen-bond donors (Lipinski definition) is 0. The molecule has 1 aromatic rings. The van der Waals surface area contributed by atoms with E-state index >= 15 is 0 Å². The van der Waals surface area contributed by atoms with Crippen molar-refractivity contribution < 1.29 is 14.4 Å². The lowest BCUT2D eigenvalue weighted by Crippen LogP contribution is -2.47. The van der Waals surface area contributed by atoms with Crippen LogP contribution in [0.25, 0.3) is 0 Å². The molecule has 23 heavy (non-hydrogen) atoms. The maximum absolute atomic E-state index is 12.8. The van der Waals surface area contributed by atoms with Gasteiger partial charge in [-0.05, 0) is 47.1 Å². The summed E-state index contributed by atoms with van der Waals surface area (Å²) in [5.41, 5.74) is 1.37. The van der Waals surface area contributed by atoms with Crippen LogP contribution in [0.4, 0.5) is 0 Å². The van der Waals surface area contributed by atoms with Crippen LogP contribution in [-0.4, -0.2) is 55.3 Å². The lowest BCUT2D eigenvalue weighted by Gasteiger charge is -2.36. The Balaban J connectivity index is 1.41. The topological polar surface area (TPSA) is 42.0 Å². The third-order valence-corrected chi connectivity index (χ3v) is 6.00. The Hall–Kier alpha value is -0.950. The fraction of sp³-hybridized carbons (Fsp3) is 0.706. The number of nitrogens with zero attached hydrogens (tertiary/aromatic N) is 2. The van der Waals surface area contributed by atoms with Crippen molar-refractivity contribution in [2.45, 2.75) is 19.4 Å². The monoisotopic (exact) mass is 336 g/mol. The van der Waals surface area contributed by atoms with Crippen molar-refractivity contribution in [3.8, 4) is 0 Å². The molecule has 3 atom stereocenters. The maximum Gasteiger partial charge on any atom is 0.251 e. The third kappa shape index (κ3) is 3.31. The second-order valence-corrected chi connectivity index (χ2v) is 7.65. The van der Waals surface area contributed by atoms with Gasteiger partial charge in [0.25, 0.3) is 5.91 Å². The SMILES string of the molecule is O=C([C@H]1COC[C@H]2CN(Cc3ccsc3)C[C@H]21)N1CCCCO1. The molecule has 0 aliphatic carbocycles. The van der Waals surface area contributed by atoms with Gasteiger partial charge in [-0.1, -0.05) is 0 Å². The van der Waals surface area contributed by atoms with Crippen LogP contribution in [0.5, 0.6) is 0 Å². The molecule has 3 fully saturated rings. The zero-order valence-corrected chi connectivity index (χ0v) is 14.2. The van der Waals surface area contributed by atoms with Crippen molar-refractivity contribution >= 4 is 17.2 Å². The van der Waals surface area contributed by atoms with Gasteiger partial charge < -0.3 is 4.74 Å². The van der Waals surface area contributed by atoms with Crippen molar-refractivity contribution in [1.82, 2.24) is 9.96 Å². The van der Waals surface area contributed by atoms with Gasteiger partial charge in [-0.3, -0.25) is 14.5 Å². The van der Waals surface area contributed by atoms with Crippen LogP contribution in [0.2, 0.25) is 0 Å². The van der Waals surface area contributed by atoms with Crippen molar-refractivity contribution in [3.05, 3.63) is 22.4 Å². The molecule has 3 aliphatic heterocycles. The molecule has 1 aromatic heterocycles. The Bertz CT molecular complexity index is 530. The van der Waals surface area contributed by atoms with Gasteiger partial charge in [0.05, 0.1) is 25.7 Å². The summed E-state index contributed by atoms with van der Waals surface area (Å²) in [5, 5.41) is 5.94. The lowest BCUT2D eigenvalue weighted by molar-refractivity contribution is -0.207. The zero-order chi connectivity index (χ0) is 15.6. The molecule has 5 nitrogen and oxygen atoms in total. The molecule has 126 valence electrons. The summed E-state index contributed by atoms with van der Waals surface area (Å²) in [6.07, 6.45) is 2.09. The number of hydrogen-bond acceptors (Lipinski definition) is 5. The summed E-state index contributed by atoms with van der Waals surface area (Å²) in [7, 11) is 0. The van der Waals surface area contributed by atoms with Crippen molar-refractivity contribution in [1.29, 1.82) is 0 Å². The van der Waals surface area contributed by atoms with Gasteiger partial charge in [-0.25, -0.2) is 5.06 Å². The van der Waals surface area contributed by atoms with E-state index < -0.39 is 0 Å². The van der Waals surface area contributed by atoms with E-state index in [0.29, 0.717) is 25.0 Å². The predicted octanol–water partition coefficient (Wildman–Crippen LogP) is 2.00. The molecule has 0 unspecified atom stereocenters. The zero-order valence-electron chi connectivity index (χ0n) is 13.4. The first-order valence-corrected chi connectivity index (χ1v) is 9.51. The summed E-state index contributed by atoms with van der Waals surface area (Å²) in [6, 6.07) is 2.19. The highest BCUT2D eigenvalue weighted by atomic mass is 32.1. The summed E-state index contributed by atoms with van der Waals surface area (Å²) in [4.78, 5) is 20.9. The van der Waals surface area contributed by atoms with Gasteiger partial charge in [0.2, 0.25) is 0 Å². The van der Waals surface area contributed by atoms with Gasteiger partial charge >= 0.3 is 0 Å². The van der Waals surface area contributed by atoms with Crippen LogP contribution in [0.15, 0.2) is 16.8 Å². The van der Waals surface area contributed by atoms with Crippen LogP contribution >= 0.6 is 11.3 Å². The van der Waals surface area contributed by atoms with Crippen LogP contribution in [-0.2, 0) is 20.9 Å². The molecular weight excluding hydrogens is 312 g/mol. The Labute approximate surface area is 141 Å². The molecule has 6 heteroatoms. The van der Waals surface area contributed by atoms with E-state index in [0.717, 1.165) is 45.6 Å². The van der Waals surface area contributed by atoms with E-state index in [1.54, 1.807) is 16.4 Å². The fourth-order valence-electron chi connectivity index (χ4n) is 4.07. The second-order valence-electron chi connectivity index (χ2n) is 6.87. The Kier molecular flexibility index (Phi) is 4.66. The van der Waals surface area contributed by atoms with Crippen LogP contribution in [0.3, 0.4) is 0 Å². The minimum Gasteiger partial charge on any atom is -0.380 e. The Morgan fingerprint density at radius 2 is 2.26 bits per heavy atom. The van der Waals surface area contributed by atoms with E-state index in [4.69, 9.17) is 9.57 Å². The number of carbonyl (C=O) groups is 1. The van der Waals surface area contributed by atoms with Gasteiger partial charge in [-0.2, -0.15) is 11.3 Å². The highest BCUT2D eigenvalue weighted by Crippen LogP contribution is 2.36. The van der Waals surface area contributed by atoms with Gasteiger partial charge in [0.1, 0.15) is 0 Å². The Morgan fingerprint density at radius 1 is 1.30 bits per heavy atom. The summed E-state index contributed by atoms with van der Waals surface area (Å²) in [6.45, 7) is 5.74. The van der Waals surface area contributed by atoms with E-state index in [1.807, 2.05) is 0 Å². The fourth-order valence-corrected chi connectivity index (χ4v) is 4.73. The van der Waals surface area contributed by atoms with E-state index in [2.05, 4.69) is 21.7 Å². The molecular formula is C17H24N2O3S.